The van der Waals surface area contributed by atoms with Crippen LogP contribution in [0.2, 0.25) is 0 Å². The lowest BCUT2D eigenvalue weighted by molar-refractivity contribution is -0.138. The number of rotatable bonds is 8. The SMILES string of the molecule is O=C(O)C[C@@H](NC(=O)C1CCC(NS(=O)(=O)c2ccc(C(F)(F)F)cc2)CC1)c1ccccc1. The van der Waals surface area contributed by atoms with Crippen molar-refractivity contribution in [3.8, 4) is 0 Å². The summed E-state index contributed by atoms with van der Waals surface area (Å²) in [5.74, 6) is -1.73. The molecule has 0 radical (unpaired) electrons. The molecule has 1 atom stereocenters. The summed E-state index contributed by atoms with van der Waals surface area (Å²) in [4.78, 5) is 23.7. The maximum absolute atomic E-state index is 12.8. The molecule has 1 saturated carbocycles. The lowest BCUT2D eigenvalue weighted by Crippen LogP contribution is -2.41. The molecule has 1 aliphatic rings. The van der Waals surface area contributed by atoms with Gasteiger partial charge >= 0.3 is 12.1 Å². The van der Waals surface area contributed by atoms with Crippen molar-refractivity contribution >= 4 is 21.9 Å². The van der Waals surface area contributed by atoms with E-state index in [1.54, 1.807) is 30.3 Å². The second-order valence-corrected chi connectivity index (χ2v) is 9.98. The van der Waals surface area contributed by atoms with E-state index >= 15 is 0 Å². The molecule has 0 aliphatic heterocycles. The van der Waals surface area contributed by atoms with Crippen LogP contribution >= 0.6 is 0 Å². The molecule has 1 amide bonds. The van der Waals surface area contributed by atoms with Crippen molar-refractivity contribution in [2.75, 3.05) is 0 Å². The Labute approximate surface area is 195 Å². The maximum atomic E-state index is 12.8. The minimum atomic E-state index is -4.56. The third kappa shape index (κ3) is 6.80. The van der Waals surface area contributed by atoms with Crippen molar-refractivity contribution in [3.05, 3.63) is 65.7 Å². The molecule has 3 rings (SSSR count). The van der Waals surface area contributed by atoms with E-state index in [0.29, 0.717) is 31.2 Å². The van der Waals surface area contributed by atoms with Gasteiger partial charge in [-0.25, -0.2) is 13.1 Å². The molecule has 0 bridgehead atoms. The highest BCUT2D eigenvalue weighted by atomic mass is 32.2. The smallest absolute Gasteiger partial charge is 0.416 e. The van der Waals surface area contributed by atoms with E-state index in [2.05, 4.69) is 10.0 Å². The van der Waals surface area contributed by atoms with Crippen LogP contribution in [0, 0.1) is 5.92 Å². The van der Waals surface area contributed by atoms with Crippen LogP contribution in [0.15, 0.2) is 59.5 Å². The fourth-order valence-electron chi connectivity index (χ4n) is 3.99. The fourth-order valence-corrected chi connectivity index (χ4v) is 5.29. The highest BCUT2D eigenvalue weighted by Crippen LogP contribution is 2.30. The van der Waals surface area contributed by atoms with Gasteiger partial charge in [-0.2, -0.15) is 13.2 Å². The number of carboxylic acids is 1. The molecule has 11 heteroatoms. The Morgan fingerprint density at radius 2 is 1.56 bits per heavy atom. The number of amides is 1. The van der Waals surface area contributed by atoms with Crippen LogP contribution in [0.1, 0.15) is 49.3 Å². The number of carbonyl (C=O) groups is 2. The average molecular weight is 499 g/mol. The van der Waals surface area contributed by atoms with Gasteiger partial charge in [-0.15, -0.1) is 0 Å². The van der Waals surface area contributed by atoms with Gasteiger partial charge in [0, 0.05) is 12.0 Å². The first kappa shape index (κ1) is 25.7. The van der Waals surface area contributed by atoms with Gasteiger partial charge in [0.2, 0.25) is 15.9 Å². The molecule has 0 spiro atoms. The zero-order chi connectivity index (χ0) is 24.9. The van der Waals surface area contributed by atoms with Gasteiger partial charge < -0.3 is 10.4 Å². The first-order valence-corrected chi connectivity index (χ1v) is 12.2. The molecule has 0 heterocycles. The summed E-state index contributed by atoms with van der Waals surface area (Å²) >= 11 is 0. The lowest BCUT2D eigenvalue weighted by atomic mass is 9.85. The van der Waals surface area contributed by atoms with Crippen LogP contribution in [0.5, 0.6) is 0 Å². The summed E-state index contributed by atoms with van der Waals surface area (Å²) in [5.41, 5.74) is -0.258. The summed E-state index contributed by atoms with van der Waals surface area (Å²) in [5, 5.41) is 12.0. The normalized spacial score (nSPS) is 19.9. The number of alkyl halides is 3. The molecule has 2 aromatic rings. The molecule has 184 valence electrons. The Morgan fingerprint density at radius 1 is 0.971 bits per heavy atom. The van der Waals surface area contributed by atoms with Crippen LogP contribution in [0.3, 0.4) is 0 Å². The lowest BCUT2D eigenvalue weighted by Gasteiger charge is -2.29. The zero-order valence-electron chi connectivity index (χ0n) is 18.1. The van der Waals surface area contributed by atoms with E-state index in [-0.39, 0.29) is 17.2 Å². The predicted molar refractivity (Wildman–Crippen MR) is 117 cm³/mol. The third-order valence-corrected chi connectivity index (χ3v) is 7.35. The minimum absolute atomic E-state index is 0.264. The number of nitrogens with one attached hydrogen (secondary N) is 2. The van der Waals surface area contributed by atoms with Crippen molar-refractivity contribution in [3.63, 3.8) is 0 Å². The number of benzene rings is 2. The van der Waals surface area contributed by atoms with E-state index < -0.39 is 45.7 Å². The number of carboxylic acid groups (broad SMARTS) is 1. The van der Waals surface area contributed by atoms with E-state index in [4.69, 9.17) is 0 Å². The van der Waals surface area contributed by atoms with Gasteiger partial charge in [-0.05, 0) is 55.5 Å². The van der Waals surface area contributed by atoms with E-state index in [9.17, 15) is 36.3 Å². The highest BCUT2D eigenvalue weighted by molar-refractivity contribution is 7.89. The van der Waals surface area contributed by atoms with Gasteiger partial charge in [0.15, 0.2) is 0 Å². The number of hydrogen-bond donors (Lipinski definition) is 3. The molecule has 0 aromatic heterocycles. The Morgan fingerprint density at radius 3 is 2.09 bits per heavy atom. The second kappa shape index (κ2) is 10.6. The first-order chi connectivity index (χ1) is 16.0. The minimum Gasteiger partial charge on any atom is -0.481 e. The number of halogens is 3. The molecule has 1 fully saturated rings. The van der Waals surface area contributed by atoms with Crippen LogP contribution in [-0.2, 0) is 25.8 Å². The van der Waals surface area contributed by atoms with E-state index in [1.165, 1.54) is 0 Å². The van der Waals surface area contributed by atoms with Gasteiger partial charge in [-0.1, -0.05) is 30.3 Å². The van der Waals surface area contributed by atoms with Crippen LogP contribution in [0.4, 0.5) is 13.2 Å². The summed E-state index contributed by atoms with van der Waals surface area (Å²) < 4.78 is 65.7. The van der Waals surface area contributed by atoms with Gasteiger partial charge in [-0.3, -0.25) is 9.59 Å². The van der Waals surface area contributed by atoms with Crippen LogP contribution in [0.25, 0.3) is 0 Å². The third-order valence-electron chi connectivity index (χ3n) is 5.81. The largest absolute Gasteiger partial charge is 0.481 e. The van der Waals surface area contributed by atoms with Crippen molar-refractivity contribution in [2.24, 2.45) is 5.92 Å². The average Bonchev–Trinajstić information content (AvgIpc) is 2.78. The fraction of sp³-hybridized carbons (Fsp3) is 0.391. The molecular formula is C23H25F3N2O5S. The Balaban J connectivity index is 1.57. The number of hydrogen-bond acceptors (Lipinski definition) is 4. The summed E-state index contributed by atoms with van der Waals surface area (Å²) in [7, 11) is -4.01. The van der Waals surface area contributed by atoms with Gasteiger partial charge in [0.25, 0.3) is 0 Å². The maximum Gasteiger partial charge on any atom is 0.416 e. The molecule has 7 nitrogen and oxygen atoms in total. The number of carbonyl (C=O) groups excluding carboxylic acids is 1. The molecule has 2 aromatic carbocycles. The standard InChI is InChI=1S/C23H25F3N2O5S/c24-23(25,26)17-8-12-19(13-9-17)34(32,33)28-18-10-6-16(7-11-18)22(31)27-20(14-21(29)30)15-4-2-1-3-5-15/h1-5,8-9,12-13,16,18,20,28H,6-7,10-11,14H2,(H,27,31)(H,29,30)/t16?,18?,20-/m1/s1. The Bertz CT molecular complexity index is 1100. The van der Waals surface area contributed by atoms with Crippen LogP contribution in [-0.4, -0.2) is 31.4 Å². The highest BCUT2D eigenvalue weighted by Gasteiger charge is 2.32. The van der Waals surface area contributed by atoms with Gasteiger partial charge in [0.05, 0.1) is 22.9 Å². The van der Waals surface area contributed by atoms with E-state index in [0.717, 1.165) is 24.3 Å². The molecule has 0 saturated heterocycles. The summed E-state index contributed by atoms with van der Waals surface area (Å²) in [6.45, 7) is 0. The van der Waals surface area contributed by atoms with Crippen molar-refractivity contribution in [2.45, 2.75) is 55.3 Å². The Hall–Kier alpha value is -2.92. The summed E-state index contributed by atoms with van der Waals surface area (Å²) in [6.07, 6.45) is -3.31. The topological polar surface area (TPSA) is 113 Å². The quantitative estimate of drug-likeness (QED) is 0.512. The van der Waals surface area contributed by atoms with Crippen molar-refractivity contribution in [1.82, 2.24) is 10.0 Å². The molecule has 1 aliphatic carbocycles. The van der Waals surface area contributed by atoms with Crippen molar-refractivity contribution in [1.29, 1.82) is 0 Å². The monoisotopic (exact) mass is 498 g/mol. The summed E-state index contributed by atoms with van der Waals surface area (Å²) in [6, 6.07) is 10.9. The number of aliphatic carboxylic acids is 1. The van der Waals surface area contributed by atoms with Gasteiger partial charge in [0.1, 0.15) is 0 Å². The Kier molecular flexibility index (Phi) is 7.98. The number of sulfonamides is 1. The molecule has 3 N–H and O–H groups in total. The molecule has 0 unspecified atom stereocenters. The zero-order valence-corrected chi connectivity index (χ0v) is 18.9. The first-order valence-electron chi connectivity index (χ1n) is 10.7. The molecular weight excluding hydrogens is 473 g/mol. The predicted octanol–water partition coefficient (Wildman–Crippen LogP) is 3.87. The van der Waals surface area contributed by atoms with E-state index in [1.807, 2.05) is 0 Å². The van der Waals surface area contributed by atoms with Crippen molar-refractivity contribution < 1.29 is 36.3 Å². The molecule has 34 heavy (non-hydrogen) atoms. The van der Waals surface area contributed by atoms with Crippen LogP contribution < -0.4 is 10.0 Å². The second-order valence-electron chi connectivity index (χ2n) is 8.26.